The molecule has 3 aromatic heterocycles. The van der Waals surface area contributed by atoms with Crippen LogP contribution in [0, 0.1) is 5.41 Å². The molecule has 36 heavy (non-hydrogen) atoms. The number of ether oxygens (including phenoxy) is 2. The lowest BCUT2D eigenvalue weighted by molar-refractivity contribution is -0.0253. The van der Waals surface area contributed by atoms with Gasteiger partial charge in [0.05, 0.1) is 18.7 Å². The predicted molar refractivity (Wildman–Crippen MR) is 140 cm³/mol. The van der Waals surface area contributed by atoms with Gasteiger partial charge in [-0.05, 0) is 50.7 Å². The number of rotatable bonds is 7. The highest BCUT2D eigenvalue weighted by Gasteiger charge is 2.37. The normalized spacial score (nSPS) is 17.8. The van der Waals surface area contributed by atoms with Crippen molar-refractivity contribution in [3.63, 3.8) is 0 Å². The summed E-state index contributed by atoms with van der Waals surface area (Å²) in [4.78, 5) is 20.1. The van der Waals surface area contributed by atoms with Crippen LogP contribution in [0.25, 0.3) is 33.2 Å². The van der Waals surface area contributed by atoms with Crippen molar-refractivity contribution in [2.75, 3.05) is 40.5 Å². The van der Waals surface area contributed by atoms with Crippen LogP contribution in [0.3, 0.4) is 0 Å². The van der Waals surface area contributed by atoms with Crippen molar-refractivity contribution in [1.82, 2.24) is 29.2 Å². The predicted octanol–water partition coefficient (Wildman–Crippen LogP) is 3.66. The minimum absolute atomic E-state index is 0.00380. The summed E-state index contributed by atoms with van der Waals surface area (Å²) < 4.78 is 15.0. The fourth-order valence-electron chi connectivity index (χ4n) is 5.05. The van der Waals surface area contributed by atoms with E-state index in [1.165, 1.54) is 0 Å². The first-order valence-corrected chi connectivity index (χ1v) is 12.5. The van der Waals surface area contributed by atoms with Gasteiger partial charge >= 0.3 is 5.69 Å². The number of aryl methyl sites for hydroxylation is 1. The molecule has 9 heteroatoms. The molecule has 0 spiro atoms. The molecule has 0 bridgehead atoms. The van der Waals surface area contributed by atoms with E-state index in [1.54, 1.807) is 11.6 Å². The molecule has 1 aliphatic rings. The highest BCUT2D eigenvalue weighted by atomic mass is 16.5. The number of nitrogens with zero attached hydrogens (tertiary/aromatic N) is 6. The molecule has 1 atom stereocenters. The van der Waals surface area contributed by atoms with Crippen LogP contribution in [0.1, 0.15) is 32.7 Å². The fourth-order valence-corrected chi connectivity index (χ4v) is 5.05. The zero-order valence-corrected chi connectivity index (χ0v) is 21.7. The van der Waals surface area contributed by atoms with Gasteiger partial charge in [0.2, 0.25) is 5.88 Å². The summed E-state index contributed by atoms with van der Waals surface area (Å²) >= 11 is 0. The molecule has 4 aromatic rings. The van der Waals surface area contributed by atoms with Crippen LogP contribution in [0.5, 0.6) is 5.88 Å². The monoisotopic (exact) mass is 490 g/mol. The van der Waals surface area contributed by atoms with E-state index in [4.69, 9.17) is 9.47 Å². The molecular weight excluding hydrogens is 456 g/mol. The van der Waals surface area contributed by atoms with E-state index >= 15 is 0 Å². The third-order valence-electron chi connectivity index (χ3n) is 7.06. The van der Waals surface area contributed by atoms with Crippen LogP contribution in [0.15, 0.2) is 41.3 Å². The van der Waals surface area contributed by atoms with Crippen LogP contribution >= 0.6 is 0 Å². The third kappa shape index (κ3) is 4.49. The first-order valence-electron chi connectivity index (χ1n) is 12.5. The van der Waals surface area contributed by atoms with Crippen molar-refractivity contribution in [2.45, 2.75) is 32.7 Å². The van der Waals surface area contributed by atoms with Crippen LogP contribution in [-0.2, 0) is 11.8 Å². The molecule has 0 aliphatic carbocycles. The van der Waals surface area contributed by atoms with E-state index in [-0.39, 0.29) is 17.1 Å². The Morgan fingerprint density at radius 3 is 2.69 bits per heavy atom. The Morgan fingerprint density at radius 2 is 1.97 bits per heavy atom. The van der Waals surface area contributed by atoms with Gasteiger partial charge in [-0.2, -0.15) is 0 Å². The Morgan fingerprint density at radius 1 is 1.17 bits per heavy atom. The highest BCUT2D eigenvalue weighted by Crippen LogP contribution is 2.39. The number of aromatic nitrogens is 5. The minimum atomic E-state index is -0.185. The van der Waals surface area contributed by atoms with Crippen LogP contribution < -0.4 is 10.4 Å². The Kier molecular flexibility index (Phi) is 6.53. The van der Waals surface area contributed by atoms with E-state index in [0.29, 0.717) is 31.3 Å². The van der Waals surface area contributed by atoms with Gasteiger partial charge in [0, 0.05) is 54.9 Å². The van der Waals surface area contributed by atoms with Gasteiger partial charge < -0.3 is 14.4 Å². The average Bonchev–Trinajstić information content (AvgIpc) is 3.12. The summed E-state index contributed by atoms with van der Waals surface area (Å²) in [6, 6.07) is 9.98. The molecule has 0 unspecified atom stereocenters. The first kappa shape index (κ1) is 24.4. The van der Waals surface area contributed by atoms with E-state index in [0.717, 1.165) is 46.9 Å². The number of imidazole rings is 1. The van der Waals surface area contributed by atoms with Gasteiger partial charge in [-0.25, -0.2) is 9.78 Å². The number of pyridine rings is 1. The fraction of sp³-hybridized carbons (Fsp3) is 0.481. The summed E-state index contributed by atoms with van der Waals surface area (Å²) in [5.74, 6) is 0.616. The van der Waals surface area contributed by atoms with Crippen molar-refractivity contribution in [2.24, 2.45) is 12.5 Å². The van der Waals surface area contributed by atoms with Gasteiger partial charge in [0.15, 0.2) is 5.65 Å². The number of hydrogen-bond acceptors (Lipinski definition) is 7. The Hall–Kier alpha value is -3.30. The van der Waals surface area contributed by atoms with Crippen molar-refractivity contribution in [3.05, 3.63) is 47.0 Å². The quantitative estimate of drug-likeness (QED) is 0.365. The molecule has 190 valence electrons. The first-order chi connectivity index (χ1) is 17.3. The zero-order chi connectivity index (χ0) is 25.4. The molecular formula is C27H34N6O3. The topological polar surface area (TPSA) is 87.3 Å². The summed E-state index contributed by atoms with van der Waals surface area (Å²) in [6.07, 6.45) is 3.55. The Balaban J connectivity index is 1.54. The van der Waals surface area contributed by atoms with Crippen molar-refractivity contribution >= 4 is 22.1 Å². The average molecular weight is 491 g/mol. The van der Waals surface area contributed by atoms with E-state index in [9.17, 15) is 4.79 Å². The van der Waals surface area contributed by atoms with Crippen LogP contribution in [0.4, 0.5) is 0 Å². The molecule has 0 radical (unpaired) electrons. The Bertz CT molecular complexity index is 1440. The van der Waals surface area contributed by atoms with Gasteiger partial charge in [-0.3, -0.25) is 9.13 Å². The standard InChI is InChI=1S/C27H34N6O3/c1-27(2)17-35-14-11-22(27)33-24-20-15-18(7-9-21(20)29-30-25(24)32(5)26(33)34)19-8-10-23(28-16-19)36-13-6-12-31(3)4/h7-10,15-16,22H,6,11-14,17H2,1-5H3/t22-/m1/s1. The summed E-state index contributed by atoms with van der Waals surface area (Å²) in [5, 5.41) is 9.75. The minimum Gasteiger partial charge on any atom is -0.478 e. The molecule has 9 nitrogen and oxygen atoms in total. The summed E-state index contributed by atoms with van der Waals surface area (Å²) in [5.41, 5.74) is 3.88. The maximum absolute atomic E-state index is 13.4. The lowest BCUT2D eigenvalue weighted by Gasteiger charge is -2.38. The second-order valence-corrected chi connectivity index (χ2v) is 10.6. The van der Waals surface area contributed by atoms with Gasteiger partial charge in [0.25, 0.3) is 0 Å². The molecule has 4 heterocycles. The molecule has 1 fully saturated rings. The molecule has 0 saturated carbocycles. The van der Waals surface area contributed by atoms with E-state index < -0.39 is 0 Å². The molecule has 1 saturated heterocycles. The molecule has 1 aliphatic heterocycles. The van der Waals surface area contributed by atoms with E-state index in [2.05, 4.69) is 54.1 Å². The summed E-state index contributed by atoms with van der Waals surface area (Å²) in [7, 11) is 5.86. The molecule has 0 amide bonds. The van der Waals surface area contributed by atoms with Crippen LogP contribution in [0.2, 0.25) is 0 Å². The van der Waals surface area contributed by atoms with Crippen molar-refractivity contribution in [3.8, 4) is 17.0 Å². The Labute approximate surface area is 210 Å². The van der Waals surface area contributed by atoms with Gasteiger partial charge in [-0.1, -0.05) is 19.9 Å². The summed E-state index contributed by atoms with van der Waals surface area (Å²) in [6.45, 7) is 7.15. The zero-order valence-electron chi connectivity index (χ0n) is 21.7. The third-order valence-corrected chi connectivity index (χ3v) is 7.06. The second-order valence-electron chi connectivity index (χ2n) is 10.6. The second kappa shape index (κ2) is 9.63. The molecule has 5 rings (SSSR count). The lowest BCUT2D eigenvalue weighted by atomic mass is 9.81. The smallest absolute Gasteiger partial charge is 0.330 e. The number of benzene rings is 1. The molecule has 1 aromatic carbocycles. The van der Waals surface area contributed by atoms with Crippen molar-refractivity contribution < 1.29 is 9.47 Å². The van der Waals surface area contributed by atoms with Crippen LogP contribution in [-0.4, -0.2) is 69.7 Å². The maximum Gasteiger partial charge on any atom is 0.330 e. The van der Waals surface area contributed by atoms with Crippen molar-refractivity contribution in [1.29, 1.82) is 0 Å². The largest absolute Gasteiger partial charge is 0.478 e. The SMILES string of the molecule is CN(C)CCCOc1ccc(-c2ccc3nnc4c(c3c2)n([C@@H]2CCOCC2(C)C)c(=O)n4C)cn1. The lowest BCUT2D eigenvalue weighted by Crippen LogP contribution is -2.41. The van der Waals surface area contributed by atoms with E-state index in [1.807, 2.05) is 35.0 Å². The number of hydrogen-bond donors (Lipinski definition) is 0. The van der Waals surface area contributed by atoms with Gasteiger partial charge in [-0.15, -0.1) is 10.2 Å². The van der Waals surface area contributed by atoms with Gasteiger partial charge in [0.1, 0.15) is 5.52 Å². The highest BCUT2D eigenvalue weighted by molar-refractivity contribution is 6.02. The number of fused-ring (bicyclic) bond motifs is 3. The molecule has 0 N–H and O–H groups in total. The maximum atomic E-state index is 13.4.